The van der Waals surface area contributed by atoms with Crippen LogP contribution in [0.5, 0.6) is 0 Å². The molecule has 0 radical (unpaired) electrons. The Kier molecular flexibility index (Phi) is 2.88. The fourth-order valence-corrected chi connectivity index (χ4v) is 1.10. The molecule has 0 spiro atoms. The minimum absolute atomic E-state index is 0.820. The molecule has 54 valence electrons. The second kappa shape index (κ2) is 3.95. The van der Waals surface area contributed by atoms with Crippen molar-refractivity contribution < 1.29 is 0 Å². The third kappa shape index (κ3) is 2.21. The van der Waals surface area contributed by atoms with Crippen molar-refractivity contribution >= 4 is 20.4 Å². The van der Waals surface area contributed by atoms with Crippen molar-refractivity contribution in [1.82, 2.24) is 0 Å². The first-order chi connectivity index (χ1) is 5.34. The van der Waals surface area contributed by atoms with Gasteiger partial charge in [0, 0.05) is 10.6 Å². The van der Waals surface area contributed by atoms with Crippen LogP contribution in [0.25, 0.3) is 4.48 Å². The molecule has 0 saturated carbocycles. The van der Waals surface area contributed by atoms with Crippen molar-refractivity contribution in [2.75, 3.05) is 0 Å². The van der Waals surface area contributed by atoms with Crippen molar-refractivity contribution in [3.05, 3.63) is 42.0 Å². The number of hydrogen-bond donors (Lipinski definition) is 0. The van der Waals surface area contributed by atoms with Crippen LogP contribution < -0.4 is 0 Å². The molecule has 1 aromatic carbocycles. The fourth-order valence-electron chi connectivity index (χ4n) is 0.737. The first-order valence-electron chi connectivity index (χ1n) is 3.15. The summed E-state index contributed by atoms with van der Waals surface area (Å²) in [6, 6.07) is 11.6. The maximum atomic E-state index is 8.34. The number of benzene rings is 1. The van der Waals surface area contributed by atoms with Crippen LogP contribution in [0.3, 0.4) is 0 Å². The lowest BCUT2D eigenvalue weighted by Gasteiger charge is -1.94. The Labute approximate surface area is 74.1 Å². The van der Waals surface area contributed by atoms with E-state index in [-0.39, 0.29) is 0 Å². The summed E-state index contributed by atoms with van der Waals surface area (Å²) in [5.74, 6) is 0. The van der Waals surface area contributed by atoms with E-state index in [2.05, 4.69) is 15.9 Å². The Morgan fingerprint density at radius 1 is 1.36 bits per heavy atom. The number of halogens is 1. The summed E-state index contributed by atoms with van der Waals surface area (Å²) < 4.78 is 0.820. The van der Waals surface area contributed by atoms with Crippen LogP contribution in [0, 0.1) is 11.3 Å². The zero-order valence-electron chi connectivity index (χ0n) is 5.79. The molecule has 0 atom stereocenters. The highest BCUT2D eigenvalue weighted by Crippen LogP contribution is 2.19. The molecule has 0 bridgehead atoms. The van der Waals surface area contributed by atoms with Crippen molar-refractivity contribution in [1.29, 1.82) is 5.26 Å². The second-order valence-corrected chi connectivity index (χ2v) is 2.84. The van der Waals surface area contributed by atoms with Crippen LogP contribution in [0.15, 0.2) is 36.4 Å². The lowest BCUT2D eigenvalue weighted by atomic mass is 10.2. The van der Waals surface area contributed by atoms with Gasteiger partial charge < -0.3 is 0 Å². The van der Waals surface area contributed by atoms with Crippen LogP contribution in [0.1, 0.15) is 5.56 Å². The summed E-state index contributed by atoms with van der Waals surface area (Å²) in [6.45, 7) is 0. The van der Waals surface area contributed by atoms with Gasteiger partial charge in [-0.25, -0.2) is 0 Å². The molecule has 0 N–H and O–H groups in total. The second-order valence-electron chi connectivity index (χ2n) is 1.99. The number of allylic oxidation sites excluding steroid dienone is 1. The molecule has 1 rings (SSSR count). The average molecular weight is 208 g/mol. The molecule has 0 amide bonds. The van der Waals surface area contributed by atoms with Gasteiger partial charge in [-0.15, -0.1) is 0 Å². The van der Waals surface area contributed by atoms with Crippen molar-refractivity contribution in [3.63, 3.8) is 0 Å². The van der Waals surface area contributed by atoms with Gasteiger partial charge in [0.05, 0.1) is 6.07 Å². The van der Waals surface area contributed by atoms with Gasteiger partial charge >= 0.3 is 0 Å². The maximum absolute atomic E-state index is 8.34. The van der Waals surface area contributed by atoms with Crippen molar-refractivity contribution in [2.24, 2.45) is 0 Å². The number of rotatable bonds is 1. The molecule has 0 aliphatic heterocycles. The van der Waals surface area contributed by atoms with Gasteiger partial charge in [0.15, 0.2) is 0 Å². The molecule has 0 unspecified atom stereocenters. The van der Waals surface area contributed by atoms with E-state index in [1.54, 1.807) is 0 Å². The SMILES string of the molecule is N#CC=C(Br)c1ccccc1. The van der Waals surface area contributed by atoms with Crippen molar-refractivity contribution in [2.45, 2.75) is 0 Å². The van der Waals surface area contributed by atoms with E-state index in [0.29, 0.717) is 0 Å². The molecule has 1 aromatic rings. The number of nitriles is 1. The smallest absolute Gasteiger partial charge is 0.0924 e. The normalized spacial score (nSPS) is 10.7. The predicted molar refractivity (Wildman–Crippen MR) is 49.0 cm³/mol. The lowest BCUT2D eigenvalue weighted by molar-refractivity contribution is 1.53. The molecular weight excluding hydrogens is 202 g/mol. The van der Waals surface area contributed by atoms with Crippen LogP contribution >= 0.6 is 15.9 Å². The molecule has 0 fully saturated rings. The summed E-state index contributed by atoms with van der Waals surface area (Å²) in [5.41, 5.74) is 1.02. The standard InChI is InChI=1S/C9H6BrN/c10-9(6-7-11)8-4-2-1-3-5-8/h1-6H. The van der Waals surface area contributed by atoms with E-state index in [1.807, 2.05) is 36.4 Å². The maximum Gasteiger partial charge on any atom is 0.0924 e. The van der Waals surface area contributed by atoms with Gasteiger partial charge in [0.1, 0.15) is 0 Å². The van der Waals surface area contributed by atoms with Crippen LogP contribution in [0.2, 0.25) is 0 Å². The molecule has 0 saturated heterocycles. The van der Waals surface area contributed by atoms with E-state index in [0.717, 1.165) is 10.0 Å². The van der Waals surface area contributed by atoms with Crippen LogP contribution in [-0.2, 0) is 0 Å². The number of nitrogens with zero attached hydrogens (tertiary/aromatic N) is 1. The third-order valence-corrected chi connectivity index (χ3v) is 1.93. The van der Waals surface area contributed by atoms with Gasteiger partial charge in [-0.2, -0.15) is 5.26 Å². The van der Waals surface area contributed by atoms with Crippen LogP contribution in [0.4, 0.5) is 0 Å². The monoisotopic (exact) mass is 207 g/mol. The van der Waals surface area contributed by atoms with Crippen molar-refractivity contribution in [3.8, 4) is 6.07 Å². The highest BCUT2D eigenvalue weighted by atomic mass is 79.9. The molecule has 2 heteroatoms. The van der Waals surface area contributed by atoms with Gasteiger partial charge in [0.25, 0.3) is 0 Å². The molecule has 0 aromatic heterocycles. The molecular formula is C9H6BrN. The molecule has 11 heavy (non-hydrogen) atoms. The summed E-state index contributed by atoms with van der Waals surface area (Å²) in [4.78, 5) is 0. The lowest BCUT2D eigenvalue weighted by Crippen LogP contribution is -1.72. The summed E-state index contributed by atoms with van der Waals surface area (Å²) in [5, 5.41) is 8.34. The minimum atomic E-state index is 0.820. The van der Waals surface area contributed by atoms with Gasteiger partial charge in [-0.1, -0.05) is 30.3 Å². The highest BCUT2D eigenvalue weighted by molar-refractivity contribution is 9.15. The van der Waals surface area contributed by atoms with Gasteiger partial charge in [-0.05, 0) is 21.5 Å². The molecule has 1 nitrogen and oxygen atoms in total. The zero-order valence-corrected chi connectivity index (χ0v) is 7.38. The number of hydrogen-bond acceptors (Lipinski definition) is 1. The fraction of sp³-hybridized carbons (Fsp3) is 0. The topological polar surface area (TPSA) is 23.8 Å². The Morgan fingerprint density at radius 2 is 2.00 bits per heavy atom. The Hall–Kier alpha value is -1.07. The zero-order chi connectivity index (χ0) is 8.10. The predicted octanol–water partition coefficient (Wildman–Crippen LogP) is 2.95. The Morgan fingerprint density at radius 3 is 2.55 bits per heavy atom. The molecule has 0 aliphatic rings. The van der Waals surface area contributed by atoms with E-state index in [9.17, 15) is 0 Å². The summed E-state index contributed by atoms with van der Waals surface area (Å²) in [6.07, 6.45) is 1.47. The van der Waals surface area contributed by atoms with E-state index < -0.39 is 0 Å². The van der Waals surface area contributed by atoms with E-state index >= 15 is 0 Å². The average Bonchev–Trinajstić information content (AvgIpc) is 2.07. The quantitative estimate of drug-likeness (QED) is 0.651. The third-order valence-electron chi connectivity index (χ3n) is 1.24. The summed E-state index contributed by atoms with van der Waals surface area (Å²) in [7, 11) is 0. The largest absolute Gasteiger partial charge is 0.193 e. The Balaban J connectivity index is 2.96. The highest BCUT2D eigenvalue weighted by Gasteiger charge is 1.92. The van der Waals surface area contributed by atoms with E-state index in [1.165, 1.54) is 6.08 Å². The summed E-state index contributed by atoms with van der Waals surface area (Å²) >= 11 is 3.28. The van der Waals surface area contributed by atoms with E-state index in [4.69, 9.17) is 5.26 Å². The van der Waals surface area contributed by atoms with Gasteiger partial charge in [-0.3, -0.25) is 0 Å². The first kappa shape index (κ1) is 8.03. The first-order valence-corrected chi connectivity index (χ1v) is 3.94. The molecule has 0 heterocycles. The van der Waals surface area contributed by atoms with Gasteiger partial charge in [0.2, 0.25) is 0 Å². The Bertz CT molecular complexity index is 295. The minimum Gasteiger partial charge on any atom is -0.193 e. The van der Waals surface area contributed by atoms with Crippen LogP contribution in [-0.4, -0.2) is 0 Å². The molecule has 0 aliphatic carbocycles.